The molecule has 3 unspecified atom stereocenters. The Morgan fingerprint density at radius 1 is 1.12 bits per heavy atom. The average molecular weight is 467 g/mol. The number of anilines is 2. The van der Waals surface area contributed by atoms with Gasteiger partial charge in [-0.25, -0.2) is 0 Å². The number of ether oxygens (including phenoxy) is 4. The molecule has 0 saturated heterocycles. The Balaban J connectivity index is 2.18. The zero-order chi connectivity index (χ0) is 23.7. The summed E-state index contributed by atoms with van der Waals surface area (Å²) >= 11 is 0. The lowest BCUT2D eigenvalue weighted by molar-refractivity contribution is -0.368. The van der Waals surface area contributed by atoms with Crippen LogP contribution in [0.3, 0.4) is 0 Å². The van der Waals surface area contributed by atoms with Gasteiger partial charge in [0.15, 0.2) is 5.60 Å². The van der Waals surface area contributed by atoms with Gasteiger partial charge in [0.2, 0.25) is 5.72 Å². The van der Waals surface area contributed by atoms with E-state index in [9.17, 15) is 18.1 Å². The smallest absolute Gasteiger partial charge is 0.324 e. The number of nitrogen functional groups attached to an aromatic ring is 1. The summed E-state index contributed by atoms with van der Waals surface area (Å²) in [5, 5.41) is 12.0. The molecule has 0 amide bonds. The Hall–Kier alpha value is -2.57. The Bertz CT molecular complexity index is 1180. The predicted molar refractivity (Wildman–Crippen MR) is 116 cm³/mol. The van der Waals surface area contributed by atoms with E-state index in [0.717, 1.165) is 0 Å². The first kappa shape index (κ1) is 22.6. The number of aliphatic hydroxyl groups is 1. The zero-order valence-electron chi connectivity index (χ0n) is 18.3. The van der Waals surface area contributed by atoms with Gasteiger partial charge in [0.1, 0.15) is 11.5 Å². The van der Waals surface area contributed by atoms with Gasteiger partial charge in [-0.15, -0.1) is 0 Å². The van der Waals surface area contributed by atoms with E-state index < -0.39 is 32.8 Å². The second-order valence-electron chi connectivity index (χ2n) is 8.30. The lowest BCUT2D eigenvalue weighted by atomic mass is 9.78. The molecule has 0 spiro atoms. The monoisotopic (exact) mass is 466 g/mol. The summed E-state index contributed by atoms with van der Waals surface area (Å²) in [6.07, 6.45) is 0. The number of hydrogen-bond acceptors (Lipinski definition) is 9. The Kier molecular flexibility index (Phi) is 4.92. The first-order valence-electron chi connectivity index (χ1n) is 9.77. The predicted octanol–water partition coefficient (Wildman–Crippen LogP) is 1.95. The number of nitrogens with zero attached hydrogens (tertiary/aromatic N) is 1. The topological polar surface area (TPSA) is 141 Å². The van der Waals surface area contributed by atoms with Gasteiger partial charge in [-0.3, -0.25) is 9.45 Å². The third kappa shape index (κ3) is 2.75. The molecule has 2 aromatic rings. The number of benzene rings is 2. The molecule has 0 fully saturated rings. The highest BCUT2D eigenvalue weighted by atomic mass is 32.2. The van der Waals surface area contributed by atoms with Gasteiger partial charge in [0, 0.05) is 19.9 Å². The summed E-state index contributed by atoms with van der Waals surface area (Å²) < 4.78 is 58.5. The van der Waals surface area contributed by atoms with Crippen LogP contribution in [0.4, 0.5) is 11.4 Å². The van der Waals surface area contributed by atoms with Gasteiger partial charge in [-0.1, -0.05) is 12.1 Å². The van der Waals surface area contributed by atoms with Crippen molar-refractivity contribution in [2.24, 2.45) is 0 Å². The summed E-state index contributed by atoms with van der Waals surface area (Å²) in [6, 6.07) is 9.66. The molecule has 0 bridgehead atoms. The van der Waals surface area contributed by atoms with Crippen molar-refractivity contribution in [3.8, 4) is 11.5 Å². The van der Waals surface area contributed by atoms with Crippen LogP contribution in [0, 0.1) is 6.92 Å². The van der Waals surface area contributed by atoms with E-state index in [2.05, 4.69) is 0 Å². The molecule has 0 saturated carbocycles. The van der Waals surface area contributed by atoms with Crippen LogP contribution in [0.2, 0.25) is 0 Å². The fourth-order valence-corrected chi connectivity index (χ4v) is 5.41. The molecule has 11 heteroatoms. The molecule has 4 N–H and O–H groups in total. The van der Waals surface area contributed by atoms with E-state index in [1.165, 1.54) is 25.2 Å². The highest BCUT2D eigenvalue weighted by Gasteiger charge is 2.73. The third-order valence-electron chi connectivity index (χ3n) is 6.07. The van der Waals surface area contributed by atoms with Crippen LogP contribution in [-0.2, 0) is 25.3 Å². The molecule has 0 aromatic heterocycles. The van der Waals surface area contributed by atoms with E-state index in [-0.39, 0.29) is 17.1 Å². The van der Waals surface area contributed by atoms with E-state index >= 15 is 0 Å². The Morgan fingerprint density at radius 3 is 2.41 bits per heavy atom. The van der Waals surface area contributed by atoms with Crippen molar-refractivity contribution in [3.05, 3.63) is 47.5 Å². The zero-order valence-corrected chi connectivity index (χ0v) is 19.1. The highest BCUT2D eigenvalue weighted by molar-refractivity contribution is 7.86. The molecule has 2 aliphatic rings. The summed E-state index contributed by atoms with van der Waals surface area (Å²) in [4.78, 5) is 1.17. The van der Waals surface area contributed by atoms with Gasteiger partial charge in [-0.05, 0) is 50.6 Å². The van der Waals surface area contributed by atoms with Crippen LogP contribution in [0.1, 0.15) is 25.0 Å². The Morgan fingerprint density at radius 2 is 1.81 bits per heavy atom. The molecule has 0 aliphatic carbocycles. The van der Waals surface area contributed by atoms with Gasteiger partial charge in [0.25, 0.3) is 5.79 Å². The minimum Gasteiger partial charge on any atom is -0.482 e. The maximum absolute atomic E-state index is 12.5. The van der Waals surface area contributed by atoms with E-state index in [4.69, 9.17) is 24.7 Å². The van der Waals surface area contributed by atoms with Gasteiger partial charge < -0.3 is 29.8 Å². The van der Waals surface area contributed by atoms with Crippen LogP contribution < -0.4 is 20.1 Å². The van der Waals surface area contributed by atoms with E-state index in [1.807, 2.05) is 0 Å². The van der Waals surface area contributed by atoms with Crippen molar-refractivity contribution in [3.63, 3.8) is 0 Å². The van der Waals surface area contributed by atoms with Crippen molar-refractivity contribution < 1.29 is 37.0 Å². The molecule has 32 heavy (non-hydrogen) atoms. The second-order valence-corrected chi connectivity index (χ2v) is 9.73. The molecule has 2 heterocycles. The number of nitrogens with two attached hydrogens (primary N) is 1. The summed E-state index contributed by atoms with van der Waals surface area (Å²) in [5.74, 6) is -1.85. The number of fused-ring (bicyclic) bond motifs is 2. The molecule has 0 radical (unpaired) electrons. The number of aryl methyl sites for hydroxylation is 1. The molecular weight excluding hydrogens is 440 g/mol. The molecule has 3 atom stereocenters. The SMILES string of the molecule is COC1(N2c3c(C)cccc3OC2S(=O)(=O)O)c2cc(N)ccc2OC(C)(C)C1(O)OC. The van der Waals surface area contributed by atoms with Crippen molar-refractivity contribution >= 4 is 21.5 Å². The number of methoxy groups -OCH3 is 2. The lowest BCUT2D eigenvalue weighted by Gasteiger charge is -2.59. The molecular formula is C21H26N2O8S. The number of rotatable bonds is 4. The van der Waals surface area contributed by atoms with Gasteiger partial charge in [0.05, 0.1) is 11.3 Å². The third-order valence-corrected chi connectivity index (χ3v) is 6.89. The maximum atomic E-state index is 12.5. The van der Waals surface area contributed by atoms with Gasteiger partial charge >= 0.3 is 15.7 Å². The molecule has 4 rings (SSSR count). The van der Waals surface area contributed by atoms with E-state index in [1.54, 1.807) is 51.1 Å². The minimum atomic E-state index is -4.86. The molecule has 174 valence electrons. The minimum absolute atomic E-state index is 0.178. The summed E-state index contributed by atoms with van der Waals surface area (Å²) in [6.45, 7) is 4.88. The first-order valence-corrected chi connectivity index (χ1v) is 11.3. The summed E-state index contributed by atoms with van der Waals surface area (Å²) in [7, 11) is -2.33. The lowest BCUT2D eigenvalue weighted by Crippen LogP contribution is -2.77. The maximum Gasteiger partial charge on any atom is 0.324 e. The number of hydrogen-bond donors (Lipinski definition) is 3. The van der Waals surface area contributed by atoms with Crippen LogP contribution in [0.15, 0.2) is 36.4 Å². The largest absolute Gasteiger partial charge is 0.482 e. The van der Waals surface area contributed by atoms with Crippen molar-refractivity contribution in [1.82, 2.24) is 0 Å². The van der Waals surface area contributed by atoms with Crippen LogP contribution in [-0.4, -0.2) is 49.2 Å². The normalized spacial score (nSPS) is 28.5. The summed E-state index contributed by atoms with van der Waals surface area (Å²) in [5.41, 5.74) is 1.95. The Labute approximate surface area is 186 Å². The van der Waals surface area contributed by atoms with Crippen molar-refractivity contribution in [1.29, 1.82) is 0 Å². The first-order chi connectivity index (χ1) is 14.8. The highest BCUT2D eigenvalue weighted by Crippen LogP contribution is 2.59. The molecule has 2 aromatic carbocycles. The fraction of sp³-hybridized carbons (Fsp3) is 0.429. The fourth-order valence-electron chi connectivity index (χ4n) is 4.66. The standard InChI is InChI=1S/C21H26N2O8S/c1-12-7-6-8-16-17(12)23(18(30-16)32(25,26)27)20(28-4)14-11-13(22)9-10-15(14)31-19(2,3)21(20,24)29-5/h6-11,18,24H,22H2,1-5H3,(H,25,26,27). The molecule has 2 aliphatic heterocycles. The van der Waals surface area contributed by atoms with Crippen LogP contribution in [0.25, 0.3) is 0 Å². The second kappa shape index (κ2) is 6.96. The van der Waals surface area contributed by atoms with E-state index in [0.29, 0.717) is 16.9 Å². The van der Waals surface area contributed by atoms with Crippen LogP contribution >= 0.6 is 0 Å². The van der Waals surface area contributed by atoms with Crippen LogP contribution in [0.5, 0.6) is 11.5 Å². The van der Waals surface area contributed by atoms with Crippen molar-refractivity contribution in [2.75, 3.05) is 24.9 Å². The average Bonchev–Trinajstić information content (AvgIpc) is 3.11. The number of para-hydroxylation sites is 1. The molecule has 10 nitrogen and oxygen atoms in total. The van der Waals surface area contributed by atoms with Crippen molar-refractivity contribution in [2.45, 2.75) is 43.4 Å². The van der Waals surface area contributed by atoms with Gasteiger partial charge in [-0.2, -0.15) is 8.42 Å². The quantitative estimate of drug-likeness (QED) is 0.348.